The molecule has 0 aromatic heterocycles. The number of carbonyl (C=O) groups is 1. The molecular weight excluding hydrogens is 316 g/mol. The molecule has 4 heteroatoms. The third kappa shape index (κ3) is 4.62. The Bertz CT molecular complexity index is 624. The fourth-order valence-electron chi connectivity index (χ4n) is 3.80. The molecule has 25 heavy (non-hydrogen) atoms. The fraction of sp³-hybridized carbons (Fsp3) is 0.667. The lowest BCUT2D eigenvalue weighted by molar-refractivity contribution is -0.142. The Morgan fingerprint density at radius 2 is 1.80 bits per heavy atom. The van der Waals surface area contributed by atoms with Crippen molar-refractivity contribution < 1.29 is 19.7 Å². The lowest BCUT2D eigenvalue weighted by Crippen LogP contribution is -2.39. The first-order valence-corrected chi connectivity index (χ1v) is 9.23. The van der Waals surface area contributed by atoms with Crippen LogP contribution in [0.25, 0.3) is 0 Å². The largest absolute Gasteiger partial charge is 0.447 e. The lowest BCUT2D eigenvalue weighted by atomic mass is 9.85. The van der Waals surface area contributed by atoms with Gasteiger partial charge in [0, 0.05) is 5.57 Å². The van der Waals surface area contributed by atoms with Gasteiger partial charge in [-0.15, -0.1) is 0 Å². The van der Waals surface area contributed by atoms with Gasteiger partial charge >= 0.3 is 5.97 Å². The predicted molar refractivity (Wildman–Crippen MR) is 99.0 cm³/mol. The summed E-state index contributed by atoms with van der Waals surface area (Å²) in [6, 6.07) is 0. The van der Waals surface area contributed by atoms with Crippen LogP contribution in [0.1, 0.15) is 73.1 Å². The van der Waals surface area contributed by atoms with Gasteiger partial charge in [0.2, 0.25) is 0 Å². The van der Waals surface area contributed by atoms with Crippen LogP contribution in [0, 0.1) is 0 Å². The van der Waals surface area contributed by atoms with Gasteiger partial charge in [0.05, 0.1) is 11.7 Å². The molecule has 2 rings (SSSR count). The molecule has 0 aromatic rings. The molecule has 0 aromatic carbocycles. The van der Waals surface area contributed by atoms with Crippen LogP contribution in [0.2, 0.25) is 0 Å². The molecule has 1 heterocycles. The van der Waals surface area contributed by atoms with Crippen LogP contribution in [-0.2, 0) is 9.53 Å². The van der Waals surface area contributed by atoms with Crippen LogP contribution in [0.15, 0.2) is 34.4 Å². The topological polar surface area (TPSA) is 66.8 Å². The molecule has 0 radical (unpaired) electrons. The molecule has 0 amide bonds. The zero-order chi connectivity index (χ0) is 18.8. The first-order chi connectivity index (χ1) is 11.5. The Hall–Kier alpha value is -1.39. The van der Waals surface area contributed by atoms with E-state index < -0.39 is 17.3 Å². The molecule has 1 unspecified atom stereocenters. The Labute approximate surface area is 151 Å². The summed E-state index contributed by atoms with van der Waals surface area (Å²) in [6.07, 6.45) is 7.41. The van der Waals surface area contributed by atoms with Crippen molar-refractivity contribution in [2.45, 2.75) is 90.4 Å². The highest BCUT2D eigenvalue weighted by molar-refractivity contribution is 5.92. The second-order valence-electron chi connectivity index (χ2n) is 8.09. The normalized spacial score (nSPS) is 39.6. The molecule has 1 aliphatic carbocycles. The van der Waals surface area contributed by atoms with Crippen LogP contribution in [0.5, 0.6) is 0 Å². The van der Waals surface area contributed by atoms with Crippen molar-refractivity contribution in [1.82, 2.24) is 0 Å². The average molecular weight is 348 g/mol. The van der Waals surface area contributed by atoms with E-state index in [0.29, 0.717) is 19.3 Å². The smallest absolute Gasteiger partial charge is 0.335 e. The minimum absolute atomic E-state index is 0.240. The number of aliphatic hydroxyl groups excluding tert-OH is 1. The molecule has 2 N–H and O–H groups in total. The van der Waals surface area contributed by atoms with E-state index in [2.05, 4.69) is 13.0 Å². The standard InChI is InChI=1S/C21H32O4/c1-14-7-6-12-20(4,24)18(22)11-9-15(2)13-21(5)17(10-8-14)16(3)19(23)25-21/h7,13,18,22,24H,6,8-12H2,1-5H3/b14-7+,15-13+/t18-,20?,21-/m1/s1. The van der Waals surface area contributed by atoms with Gasteiger partial charge in [0.1, 0.15) is 5.60 Å². The summed E-state index contributed by atoms with van der Waals surface area (Å²) in [7, 11) is 0. The van der Waals surface area contributed by atoms with Crippen LogP contribution in [0.4, 0.5) is 0 Å². The Morgan fingerprint density at radius 1 is 1.12 bits per heavy atom. The van der Waals surface area contributed by atoms with Crippen LogP contribution >= 0.6 is 0 Å². The van der Waals surface area contributed by atoms with E-state index in [0.717, 1.165) is 36.0 Å². The maximum atomic E-state index is 12.1. The Morgan fingerprint density at radius 3 is 2.48 bits per heavy atom. The molecule has 0 saturated carbocycles. The first-order valence-electron chi connectivity index (χ1n) is 9.23. The van der Waals surface area contributed by atoms with Gasteiger partial charge in [-0.25, -0.2) is 4.79 Å². The van der Waals surface area contributed by atoms with E-state index in [1.54, 1.807) is 6.92 Å². The van der Waals surface area contributed by atoms with Crippen LogP contribution in [-0.4, -0.2) is 33.5 Å². The molecule has 1 aliphatic heterocycles. The lowest BCUT2D eigenvalue weighted by Gasteiger charge is -2.30. The summed E-state index contributed by atoms with van der Waals surface area (Å²) >= 11 is 0. The van der Waals surface area contributed by atoms with E-state index in [-0.39, 0.29) is 5.97 Å². The van der Waals surface area contributed by atoms with Crippen molar-refractivity contribution in [1.29, 1.82) is 0 Å². The molecule has 2 aliphatic rings. The molecule has 0 saturated heterocycles. The van der Waals surface area contributed by atoms with E-state index >= 15 is 0 Å². The van der Waals surface area contributed by atoms with Gasteiger partial charge in [-0.1, -0.05) is 17.2 Å². The van der Waals surface area contributed by atoms with Gasteiger partial charge in [0.25, 0.3) is 0 Å². The monoisotopic (exact) mass is 348 g/mol. The molecular formula is C21H32O4. The maximum Gasteiger partial charge on any atom is 0.335 e. The second-order valence-corrected chi connectivity index (χ2v) is 8.09. The van der Waals surface area contributed by atoms with Crippen molar-refractivity contribution in [2.75, 3.05) is 0 Å². The number of carbonyl (C=O) groups excluding carboxylic acids is 1. The second kappa shape index (κ2) is 7.46. The number of aliphatic hydroxyl groups is 2. The van der Waals surface area contributed by atoms with Gasteiger partial charge in [-0.2, -0.15) is 0 Å². The Balaban J connectivity index is 2.34. The van der Waals surface area contributed by atoms with Gasteiger partial charge in [-0.3, -0.25) is 0 Å². The third-order valence-electron chi connectivity index (χ3n) is 5.63. The number of rotatable bonds is 0. The summed E-state index contributed by atoms with van der Waals surface area (Å²) in [5, 5.41) is 20.9. The quantitative estimate of drug-likeness (QED) is 0.513. The summed E-state index contributed by atoms with van der Waals surface area (Å²) < 4.78 is 5.68. The van der Waals surface area contributed by atoms with Crippen molar-refractivity contribution in [3.8, 4) is 0 Å². The van der Waals surface area contributed by atoms with E-state index in [4.69, 9.17) is 4.74 Å². The number of ether oxygens (including phenoxy) is 1. The highest BCUT2D eigenvalue weighted by Crippen LogP contribution is 2.38. The van der Waals surface area contributed by atoms with Crippen molar-refractivity contribution >= 4 is 5.97 Å². The predicted octanol–water partition coefficient (Wildman–Crippen LogP) is 3.98. The summed E-state index contributed by atoms with van der Waals surface area (Å²) in [4.78, 5) is 12.1. The summed E-state index contributed by atoms with van der Waals surface area (Å²) in [5.74, 6) is -0.240. The fourth-order valence-corrected chi connectivity index (χ4v) is 3.80. The Kier molecular flexibility index (Phi) is 5.95. The maximum absolute atomic E-state index is 12.1. The first kappa shape index (κ1) is 19.9. The minimum atomic E-state index is -1.09. The molecule has 3 atom stereocenters. The zero-order valence-electron chi connectivity index (χ0n) is 16.2. The summed E-state index contributed by atoms with van der Waals surface area (Å²) in [6.45, 7) is 9.55. The molecule has 0 spiro atoms. The van der Waals surface area contributed by atoms with Crippen molar-refractivity contribution in [3.05, 3.63) is 34.4 Å². The molecule has 140 valence electrons. The molecule has 0 fully saturated rings. The highest BCUT2D eigenvalue weighted by Gasteiger charge is 2.40. The SMILES string of the molecule is CC1=C2CC/C(C)=C/CCC(C)(O)[C@H](O)CC/C(C)=C/[C@@]2(C)OC1=O. The highest BCUT2D eigenvalue weighted by atomic mass is 16.6. The number of hydrogen-bond donors (Lipinski definition) is 2. The number of allylic oxidation sites excluding steroid dienone is 3. The van der Waals surface area contributed by atoms with Crippen LogP contribution in [0.3, 0.4) is 0 Å². The molecule has 0 bridgehead atoms. The zero-order valence-corrected chi connectivity index (χ0v) is 16.2. The number of hydrogen-bond acceptors (Lipinski definition) is 4. The average Bonchev–Trinajstić information content (AvgIpc) is 2.71. The number of esters is 1. The van der Waals surface area contributed by atoms with Gasteiger partial charge in [-0.05, 0) is 84.8 Å². The van der Waals surface area contributed by atoms with E-state index in [1.807, 2.05) is 26.8 Å². The third-order valence-corrected chi connectivity index (χ3v) is 5.63. The molecule has 4 nitrogen and oxygen atoms in total. The van der Waals surface area contributed by atoms with E-state index in [9.17, 15) is 15.0 Å². The van der Waals surface area contributed by atoms with Crippen molar-refractivity contribution in [2.24, 2.45) is 0 Å². The van der Waals surface area contributed by atoms with Crippen molar-refractivity contribution in [3.63, 3.8) is 0 Å². The van der Waals surface area contributed by atoms with Crippen LogP contribution < -0.4 is 0 Å². The minimum Gasteiger partial charge on any atom is -0.447 e. The summed E-state index contributed by atoms with van der Waals surface area (Å²) in [5.41, 5.74) is 2.26. The van der Waals surface area contributed by atoms with Gasteiger partial charge in [0.15, 0.2) is 0 Å². The van der Waals surface area contributed by atoms with Gasteiger partial charge < -0.3 is 14.9 Å². The number of fused-ring (bicyclic) bond motifs is 1. The van der Waals surface area contributed by atoms with E-state index in [1.165, 1.54) is 5.57 Å².